The highest BCUT2D eigenvalue weighted by Crippen LogP contribution is 2.35. The summed E-state index contributed by atoms with van der Waals surface area (Å²) >= 11 is 0. The molecule has 9 unspecified atom stereocenters. The van der Waals surface area contributed by atoms with E-state index in [-0.39, 0.29) is 31.8 Å². The highest BCUT2D eigenvalue weighted by Gasteiger charge is 2.40. The predicted octanol–water partition coefficient (Wildman–Crippen LogP) is 3.82. The number of carbonyl (C=O) groups excluding carboxylic acids is 5. The average molecular weight is 805 g/mol. The first-order chi connectivity index (χ1) is 27.2. The van der Waals surface area contributed by atoms with Crippen molar-refractivity contribution in [3.05, 3.63) is 67.8 Å². The third-order valence-corrected chi connectivity index (χ3v) is 9.72. The highest BCUT2D eigenvalue weighted by molar-refractivity contribution is 5.83. The molecule has 0 bridgehead atoms. The van der Waals surface area contributed by atoms with E-state index in [1.54, 1.807) is 6.07 Å². The van der Waals surface area contributed by atoms with E-state index in [4.69, 9.17) is 28.4 Å². The van der Waals surface area contributed by atoms with Gasteiger partial charge in [-0.25, -0.2) is 14.4 Å². The van der Waals surface area contributed by atoms with Crippen molar-refractivity contribution in [2.45, 2.75) is 121 Å². The number of unbranched alkanes of at least 4 members (excludes halogenated alkanes) is 4. The van der Waals surface area contributed by atoms with E-state index in [0.29, 0.717) is 25.0 Å². The van der Waals surface area contributed by atoms with E-state index in [2.05, 4.69) is 19.7 Å². The number of esters is 5. The molecule has 1 aromatic rings. The lowest BCUT2D eigenvalue weighted by Gasteiger charge is -2.31. The van der Waals surface area contributed by atoms with Gasteiger partial charge in [0.15, 0.2) is 6.61 Å². The van der Waals surface area contributed by atoms with Gasteiger partial charge >= 0.3 is 29.8 Å². The lowest BCUT2D eigenvalue weighted by Crippen LogP contribution is -2.41. The summed E-state index contributed by atoms with van der Waals surface area (Å²) < 4.78 is 31.1. The van der Waals surface area contributed by atoms with Crippen LogP contribution < -0.4 is 4.74 Å². The number of ether oxygens (including phenoxy) is 6. The molecule has 4 N–H and O–H groups in total. The first-order valence-electron chi connectivity index (χ1n) is 19.4. The van der Waals surface area contributed by atoms with Crippen LogP contribution in [0, 0.1) is 17.8 Å². The van der Waals surface area contributed by atoms with Crippen LogP contribution in [0.15, 0.2) is 62.2 Å². The number of aryl methyl sites for hydroxylation is 1. The van der Waals surface area contributed by atoms with Crippen LogP contribution in [0.1, 0.15) is 83.1 Å². The third-order valence-electron chi connectivity index (χ3n) is 9.72. The Kier molecular flexibility index (Phi) is 22.5. The predicted molar refractivity (Wildman–Crippen MR) is 206 cm³/mol. The minimum atomic E-state index is -1.51. The topological polar surface area (TPSA) is 222 Å². The van der Waals surface area contributed by atoms with Crippen LogP contribution in [0.5, 0.6) is 5.75 Å². The monoisotopic (exact) mass is 804 g/mol. The number of rotatable bonds is 27. The van der Waals surface area contributed by atoms with Gasteiger partial charge in [-0.3, -0.25) is 9.59 Å². The van der Waals surface area contributed by atoms with Crippen LogP contribution in [0.4, 0.5) is 0 Å². The van der Waals surface area contributed by atoms with Crippen LogP contribution in [-0.2, 0) is 54.1 Å². The number of benzene rings is 1. The Labute approximate surface area is 334 Å². The number of hydrogen-bond donors (Lipinski definition) is 4. The Morgan fingerprint density at radius 2 is 1.39 bits per heavy atom. The number of aliphatic hydroxyl groups excluding tert-OH is 4. The smallest absolute Gasteiger partial charge is 0.330 e. The molecule has 0 aliphatic heterocycles. The van der Waals surface area contributed by atoms with Crippen molar-refractivity contribution in [3.63, 3.8) is 0 Å². The van der Waals surface area contributed by atoms with Crippen molar-refractivity contribution < 1.29 is 72.8 Å². The van der Waals surface area contributed by atoms with Gasteiger partial charge in [0.25, 0.3) is 0 Å². The Morgan fingerprint density at radius 1 is 0.754 bits per heavy atom. The van der Waals surface area contributed by atoms with Crippen molar-refractivity contribution in [1.29, 1.82) is 0 Å². The molecule has 1 aliphatic rings. The van der Waals surface area contributed by atoms with Gasteiger partial charge in [0.05, 0.1) is 37.3 Å². The molecule has 0 amide bonds. The van der Waals surface area contributed by atoms with Gasteiger partial charge < -0.3 is 48.8 Å². The van der Waals surface area contributed by atoms with Gasteiger partial charge in [0.1, 0.15) is 24.6 Å². The molecule has 1 aromatic carbocycles. The van der Waals surface area contributed by atoms with Crippen molar-refractivity contribution >= 4 is 29.8 Å². The standard InChI is InChI=1S/C42H60O15/c1-6-37(46)54-25-29(43)23-35(55-38(47)7-2)34(45)24-36(56-39(48)8-3)33(44)18-13-11-9-10-12-15-28-16-14-17-30(22-28)53-26-40(49)57-42(51)32-21-27(4)19-20-31(32)41(50)52-5/h6-8,14,16-17,22,27,29,31-36,40,43-45,49H,1-3,9-13,15,18-21,23-26H2,4-5H3. The Hall–Kier alpha value is -4.57. The van der Waals surface area contributed by atoms with Gasteiger partial charge in [-0.1, -0.05) is 64.5 Å². The normalized spacial score (nSPS) is 19.6. The number of aliphatic hydroxyl groups is 4. The first kappa shape index (κ1) is 48.6. The fourth-order valence-electron chi connectivity index (χ4n) is 6.61. The fraction of sp³-hybridized carbons (Fsp3) is 0.595. The zero-order valence-corrected chi connectivity index (χ0v) is 33.0. The summed E-state index contributed by atoms with van der Waals surface area (Å²) in [6, 6.07) is 7.37. The summed E-state index contributed by atoms with van der Waals surface area (Å²) in [5.41, 5.74) is 1.01. The second-order valence-electron chi connectivity index (χ2n) is 14.3. The van der Waals surface area contributed by atoms with Gasteiger partial charge in [-0.05, 0) is 62.1 Å². The Bertz CT molecular complexity index is 1460. The second-order valence-corrected chi connectivity index (χ2v) is 14.3. The highest BCUT2D eigenvalue weighted by atomic mass is 16.7. The van der Waals surface area contributed by atoms with Gasteiger partial charge in [-0.2, -0.15) is 0 Å². The van der Waals surface area contributed by atoms with E-state index < -0.39 is 85.1 Å². The molecule has 0 spiro atoms. The summed E-state index contributed by atoms with van der Waals surface area (Å²) in [6.45, 7) is 11.2. The lowest BCUT2D eigenvalue weighted by molar-refractivity contribution is -0.184. The van der Waals surface area contributed by atoms with Crippen molar-refractivity contribution in [2.75, 3.05) is 20.3 Å². The summed E-state index contributed by atoms with van der Waals surface area (Å²) in [4.78, 5) is 60.4. The molecule has 0 saturated heterocycles. The molecule has 0 radical (unpaired) electrons. The van der Waals surface area contributed by atoms with E-state index in [9.17, 15) is 44.4 Å². The molecule has 2 rings (SSSR count). The van der Waals surface area contributed by atoms with Gasteiger partial charge in [0.2, 0.25) is 6.29 Å². The first-order valence-corrected chi connectivity index (χ1v) is 19.4. The number of methoxy groups -OCH3 is 1. The molecule has 0 aromatic heterocycles. The molecule has 1 aliphatic carbocycles. The summed E-state index contributed by atoms with van der Waals surface area (Å²) in [7, 11) is 1.29. The maximum absolute atomic E-state index is 12.8. The van der Waals surface area contributed by atoms with E-state index in [1.807, 2.05) is 25.1 Å². The molecule has 9 atom stereocenters. The molecule has 1 saturated carbocycles. The van der Waals surface area contributed by atoms with Crippen LogP contribution >= 0.6 is 0 Å². The van der Waals surface area contributed by atoms with E-state index in [0.717, 1.165) is 62.3 Å². The van der Waals surface area contributed by atoms with Crippen molar-refractivity contribution in [3.8, 4) is 5.75 Å². The molecule has 15 nitrogen and oxygen atoms in total. The van der Waals surface area contributed by atoms with E-state index >= 15 is 0 Å². The largest absolute Gasteiger partial charge is 0.487 e. The van der Waals surface area contributed by atoms with Crippen LogP contribution in [0.2, 0.25) is 0 Å². The lowest BCUT2D eigenvalue weighted by atomic mass is 9.74. The van der Waals surface area contributed by atoms with E-state index in [1.165, 1.54) is 7.11 Å². The van der Waals surface area contributed by atoms with Crippen LogP contribution in [-0.4, -0.2) is 107 Å². The number of hydrogen-bond acceptors (Lipinski definition) is 15. The van der Waals surface area contributed by atoms with Gasteiger partial charge in [0, 0.05) is 31.1 Å². The number of carbonyl (C=O) groups is 5. The van der Waals surface area contributed by atoms with Crippen LogP contribution in [0.3, 0.4) is 0 Å². The molecular weight excluding hydrogens is 744 g/mol. The molecular formula is C42H60O15. The van der Waals surface area contributed by atoms with Crippen molar-refractivity contribution in [2.24, 2.45) is 17.8 Å². The zero-order valence-electron chi connectivity index (χ0n) is 33.0. The quantitative estimate of drug-likeness (QED) is 0.0326. The summed E-state index contributed by atoms with van der Waals surface area (Å²) in [5, 5.41) is 42.6. The Balaban J connectivity index is 1.80. The summed E-state index contributed by atoms with van der Waals surface area (Å²) in [5.74, 6) is -4.13. The SMILES string of the molecule is C=CC(=O)OCC(O)CC(OC(=O)C=C)C(O)CC(OC(=O)C=C)C(O)CCCCCCCc1cccc(OCC(O)OC(=O)C2CC(C)CCC2C(=O)OC)c1. The fourth-order valence-corrected chi connectivity index (χ4v) is 6.61. The Morgan fingerprint density at radius 3 is 2.04 bits per heavy atom. The second kappa shape index (κ2) is 26.4. The summed E-state index contributed by atoms with van der Waals surface area (Å²) in [6.07, 6.45) is 0.798. The minimum Gasteiger partial charge on any atom is -0.487 e. The molecule has 1 fully saturated rings. The van der Waals surface area contributed by atoms with Gasteiger partial charge in [-0.15, -0.1) is 0 Å². The third kappa shape index (κ3) is 18.5. The molecule has 318 valence electrons. The minimum absolute atomic E-state index is 0.240. The molecule has 15 heteroatoms. The maximum Gasteiger partial charge on any atom is 0.330 e. The molecule has 0 heterocycles. The van der Waals surface area contributed by atoms with Crippen LogP contribution in [0.25, 0.3) is 0 Å². The maximum atomic E-state index is 12.8. The average Bonchev–Trinajstić information content (AvgIpc) is 3.20. The molecule has 57 heavy (non-hydrogen) atoms. The zero-order chi connectivity index (χ0) is 42.3. The van der Waals surface area contributed by atoms with Crippen molar-refractivity contribution in [1.82, 2.24) is 0 Å².